The molecule has 0 radical (unpaired) electrons. The first kappa shape index (κ1) is 15.2. The van der Waals surface area contributed by atoms with Gasteiger partial charge in [0.25, 0.3) is 0 Å². The summed E-state index contributed by atoms with van der Waals surface area (Å²) in [6, 6.07) is 10.8. The van der Waals surface area contributed by atoms with E-state index in [1.165, 1.54) is 23.9 Å². The van der Waals surface area contributed by atoms with Crippen LogP contribution in [0.5, 0.6) is 0 Å². The molecule has 0 amide bonds. The molecule has 0 unspecified atom stereocenters. The molecule has 5 heteroatoms. The molecule has 0 saturated heterocycles. The van der Waals surface area contributed by atoms with Crippen LogP contribution in [-0.2, 0) is 11.2 Å². The van der Waals surface area contributed by atoms with E-state index < -0.39 is 11.6 Å². The molecule has 0 spiro atoms. The van der Waals surface area contributed by atoms with Crippen molar-refractivity contribution in [1.29, 1.82) is 0 Å². The van der Waals surface area contributed by atoms with Crippen LogP contribution in [0.25, 0.3) is 0 Å². The van der Waals surface area contributed by atoms with Crippen LogP contribution >= 0.6 is 27.7 Å². The minimum Gasteiger partial charge on any atom is -0.298 e. The van der Waals surface area contributed by atoms with Crippen molar-refractivity contribution in [3.63, 3.8) is 0 Å². The van der Waals surface area contributed by atoms with E-state index in [1.807, 2.05) is 24.3 Å². The van der Waals surface area contributed by atoms with Crippen molar-refractivity contribution in [2.75, 3.05) is 5.75 Å². The van der Waals surface area contributed by atoms with Crippen molar-refractivity contribution in [1.82, 2.24) is 0 Å². The predicted molar refractivity (Wildman–Crippen MR) is 79.9 cm³/mol. The van der Waals surface area contributed by atoms with Crippen molar-refractivity contribution in [3.05, 3.63) is 64.1 Å². The van der Waals surface area contributed by atoms with Crippen LogP contribution in [0.2, 0.25) is 0 Å². The Morgan fingerprint density at radius 3 is 2.45 bits per heavy atom. The average molecular weight is 357 g/mol. The summed E-state index contributed by atoms with van der Waals surface area (Å²) >= 11 is 4.76. The normalized spacial score (nSPS) is 10.6. The van der Waals surface area contributed by atoms with Crippen LogP contribution in [0.3, 0.4) is 0 Å². The number of halogens is 3. The second kappa shape index (κ2) is 6.99. The highest BCUT2D eigenvalue weighted by Crippen LogP contribution is 2.22. The number of carbonyl (C=O) groups is 1. The molecule has 0 aliphatic rings. The second-order valence-electron chi connectivity index (χ2n) is 4.24. The number of benzene rings is 2. The number of Topliss-reactive ketones (excluding diaryl/α,β-unsaturated/α-hetero) is 1. The minimum absolute atomic E-state index is 0.0374. The van der Waals surface area contributed by atoms with Gasteiger partial charge in [-0.25, -0.2) is 8.78 Å². The monoisotopic (exact) mass is 356 g/mol. The summed E-state index contributed by atoms with van der Waals surface area (Å²) in [6.07, 6.45) is 0.0374. The topological polar surface area (TPSA) is 17.1 Å². The lowest BCUT2D eigenvalue weighted by Crippen LogP contribution is -2.06. The molecule has 20 heavy (non-hydrogen) atoms. The summed E-state index contributed by atoms with van der Waals surface area (Å²) in [4.78, 5) is 12.8. The third kappa shape index (κ3) is 4.72. The molecule has 0 saturated carbocycles. The van der Waals surface area contributed by atoms with Crippen molar-refractivity contribution in [2.24, 2.45) is 0 Å². The van der Waals surface area contributed by atoms with Gasteiger partial charge in [0.2, 0.25) is 0 Å². The van der Waals surface area contributed by atoms with Crippen LogP contribution in [0.15, 0.2) is 51.8 Å². The number of hydrogen-bond acceptors (Lipinski definition) is 2. The molecule has 0 heterocycles. The first-order valence-electron chi connectivity index (χ1n) is 5.88. The van der Waals surface area contributed by atoms with E-state index >= 15 is 0 Å². The van der Waals surface area contributed by atoms with E-state index in [2.05, 4.69) is 15.9 Å². The molecule has 2 aromatic rings. The molecule has 2 rings (SSSR count). The van der Waals surface area contributed by atoms with E-state index in [9.17, 15) is 13.6 Å². The summed E-state index contributed by atoms with van der Waals surface area (Å²) in [6.45, 7) is 0. The molecule has 1 nitrogen and oxygen atoms in total. The van der Waals surface area contributed by atoms with Crippen LogP contribution in [0.1, 0.15) is 5.56 Å². The van der Waals surface area contributed by atoms with Gasteiger partial charge < -0.3 is 0 Å². The Bertz CT molecular complexity index is 611. The SMILES string of the molecule is O=C(CSc1cccc(Br)c1)Cc1cc(F)cc(F)c1. The Morgan fingerprint density at radius 2 is 1.80 bits per heavy atom. The summed E-state index contributed by atoms with van der Waals surface area (Å²) in [5, 5.41) is 0. The van der Waals surface area contributed by atoms with Gasteiger partial charge in [-0.05, 0) is 35.9 Å². The van der Waals surface area contributed by atoms with Gasteiger partial charge in [-0.15, -0.1) is 11.8 Å². The highest BCUT2D eigenvalue weighted by molar-refractivity contribution is 9.10. The highest BCUT2D eigenvalue weighted by atomic mass is 79.9. The summed E-state index contributed by atoms with van der Waals surface area (Å²) < 4.78 is 27.0. The van der Waals surface area contributed by atoms with Crippen molar-refractivity contribution >= 4 is 33.5 Å². The van der Waals surface area contributed by atoms with Crippen LogP contribution in [0.4, 0.5) is 8.78 Å². The lowest BCUT2D eigenvalue weighted by Gasteiger charge is -2.03. The lowest BCUT2D eigenvalue weighted by atomic mass is 10.1. The molecule has 104 valence electrons. The van der Waals surface area contributed by atoms with Gasteiger partial charge >= 0.3 is 0 Å². The highest BCUT2D eigenvalue weighted by Gasteiger charge is 2.08. The maximum Gasteiger partial charge on any atom is 0.147 e. The molecule has 0 aliphatic carbocycles. The van der Waals surface area contributed by atoms with E-state index in [1.54, 1.807) is 0 Å². The number of carbonyl (C=O) groups excluding carboxylic acids is 1. The number of ketones is 1. The van der Waals surface area contributed by atoms with Crippen LogP contribution in [-0.4, -0.2) is 11.5 Å². The molecule has 0 bridgehead atoms. The van der Waals surface area contributed by atoms with Gasteiger partial charge in [0.05, 0.1) is 5.75 Å². The number of thioether (sulfide) groups is 1. The van der Waals surface area contributed by atoms with Gasteiger partial charge in [-0.3, -0.25) is 4.79 Å². The molecule has 2 aromatic carbocycles. The fourth-order valence-electron chi connectivity index (χ4n) is 1.71. The first-order valence-corrected chi connectivity index (χ1v) is 7.66. The van der Waals surface area contributed by atoms with E-state index in [4.69, 9.17) is 0 Å². The largest absolute Gasteiger partial charge is 0.298 e. The molecule has 0 atom stereocenters. The zero-order valence-electron chi connectivity index (χ0n) is 10.4. The smallest absolute Gasteiger partial charge is 0.147 e. The summed E-state index contributed by atoms with van der Waals surface area (Å²) in [5.41, 5.74) is 0.363. The predicted octanol–water partition coefficient (Wildman–Crippen LogP) is 4.63. The third-order valence-corrected chi connectivity index (χ3v) is 4.07. The molecule has 0 aromatic heterocycles. The van der Waals surface area contributed by atoms with Crippen molar-refractivity contribution in [2.45, 2.75) is 11.3 Å². The minimum atomic E-state index is -0.660. The maximum atomic E-state index is 13.0. The standard InChI is InChI=1S/C15H11BrF2OS/c16-11-2-1-3-15(7-11)20-9-14(19)6-10-4-12(17)8-13(18)5-10/h1-5,7-8H,6,9H2. The number of rotatable bonds is 5. The fraction of sp³-hybridized carbons (Fsp3) is 0.133. The van der Waals surface area contributed by atoms with Gasteiger partial charge in [0.1, 0.15) is 17.4 Å². The maximum absolute atomic E-state index is 13.0. The average Bonchev–Trinajstić information content (AvgIpc) is 2.35. The lowest BCUT2D eigenvalue weighted by molar-refractivity contribution is -0.116. The van der Waals surface area contributed by atoms with E-state index in [0.29, 0.717) is 5.56 Å². The Hall–Kier alpha value is -1.20. The first-order chi connectivity index (χ1) is 9.52. The number of hydrogen-bond donors (Lipinski definition) is 0. The Balaban J connectivity index is 1.92. The molecule has 0 aliphatic heterocycles. The Kier molecular flexibility index (Phi) is 5.31. The molecular weight excluding hydrogens is 346 g/mol. The summed E-state index contributed by atoms with van der Waals surface area (Å²) in [7, 11) is 0. The summed E-state index contributed by atoms with van der Waals surface area (Å²) in [5.74, 6) is -1.12. The van der Waals surface area contributed by atoms with Gasteiger partial charge in [-0.2, -0.15) is 0 Å². The van der Waals surface area contributed by atoms with Crippen LogP contribution in [0, 0.1) is 11.6 Å². The van der Waals surface area contributed by atoms with Gasteiger partial charge in [-0.1, -0.05) is 22.0 Å². The van der Waals surface area contributed by atoms with Crippen LogP contribution < -0.4 is 0 Å². The Morgan fingerprint density at radius 1 is 1.10 bits per heavy atom. The van der Waals surface area contributed by atoms with Gasteiger partial charge in [0.15, 0.2) is 0 Å². The van der Waals surface area contributed by atoms with E-state index in [-0.39, 0.29) is 18.0 Å². The quantitative estimate of drug-likeness (QED) is 0.726. The molecular formula is C15H11BrF2OS. The third-order valence-electron chi connectivity index (χ3n) is 2.52. The zero-order valence-corrected chi connectivity index (χ0v) is 12.8. The zero-order chi connectivity index (χ0) is 14.5. The molecule has 0 N–H and O–H groups in total. The van der Waals surface area contributed by atoms with Gasteiger partial charge in [0, 0.05) is 21.9 Å². The Labute approximate surface area is 128 Å². The molecule has 0 fully saturated rings. The van der Waals surface area contributed by atoms with E-state index in [0.717, 1.165) is 15.4 Å². The fourth-order valence-corrected chi connectivity index (χ4v) is 3.08. The van der Waals surface area contributed by atoms with Crippen molar-refractivity contribution < 1.29 is 13.6 Å². The van der Waals surface area contributed by atoms with Crippen molar-refractivity contribution in [3.8, 4) is 0 Å². The second-order valence-corrected chi connectivity index (χ2v) is 6.20.